The first kappa shape index (κ1) is 14.3. The van der Waals surface area contributed by atoms with Gasteiger partial charge >= 0.3 is 6.09 Å². The molecule has 1 aliphatic heterocycles. The molecule has 0 aromatic rings. The van der Waals surface area contributed by atoms with Crippen LogP contribution in [0.25, 0.3) is 0 Å². The molecule has 0 radical (unpaired) electrons. The second-order valence-corrected chi connectivity index (χ2v) is 5.16. The Morgan fingerprint density at radius 1 is 1.41 bits per heavy atom. The largest absolute Gasteiger partial charge is 0.450 e. The molecule has 1 amide bonds. The minimum atomic E-state index is -0.270. The van der Waals surface area contributed by atoms with Crippen molar-refractivity contribution in [3.8, 4) is 0 Å². The van der Waals surface area contributed by atoms with Crippen LogP contribution in [0, 0.1) is 5.92 Å². The van der Waals surface area contributed by atoms with Crippen LogP contribution in [0.3, 0.4) is 0 Å². The molecule has 0 bridgehead atoms. The average molecular weight is 242 g/mol. The summed E-state index contributed by atoms with van der Waals surface area (Å²) in [5.74, 6) is 0.769. The second kappa shape index (κ2) is 7.54. The van der Waals surface area contributed by atoms with E-state index in [4.69, 9.17) is 4.74 Å². The van der Waals surface area contributed by atoms with E-state index in [2.05, 4.69) is 24.1 Å². The number of carbonyl (C=O) groups excluding carboxylic acids is 1. The van der Waals surface area contributed by atoms with Crippen molar-refractivity contribution in [2.75, 3.05) is 26.2 Å². The number of likely N-dealkylation sites (tertiary alicyclic amines) is 1. The molecule has 1 saturated heterocycles. The fraction of sp³-hybridized carbons (Fsp3) is 0.923. The maximum Gasteiger partial charge on any atom is 0.407 e. The Labute approximate surface area is 105 Å². The molecule has 0 saturated carbocycles. The van der Waals surface area contributed by atoms with Crippen molar-refractivity contribution in [3.63, 3.8) is 0 Å². The highest BCUT2D eigenvalue weighted by Gasteiger charge is 2.20. The van der Waals surface area contributed by atoms with E-state index in [-0.39, 0.29) is 6.09 Å². The molecule has 0 aliphatic carbocycles. The summed E-state index contributed by atoms with van der Waals surface area (Å²) < 4.78 is 4.89. The van der Waals surface area contributed by atoms with Crippen molar-refractivity contribution in [1.29, 1.82) is 0 Å². The van der Waals surface area contributed by atoms with Gasteiger partial charge in [0.05, 0.1) is 6.61 Å². The molecular weight excluding hydrogens is 216 g/mol. The van der Waals surface area contributed by atoms with Gasteiger partial charge in [0, 0.05) is 19.1 Å². The molecule has 4 nitrogen and oxygen atoms in total. The lowest BCUT2D eigenvalue weighted by Gasteiger charge is -2.32. The standard InChI is InChI=1S/C13H26N2O2/c1-4-17-13(16)14-12-6-9-15(10-7-12)8-5-11(2)3/h11-12H,4-10H2,1-3H3,(H,14,16). The Morgan fingerprint density at radius 3 is 2.59 bits per heavy atom. The van der Waals surface area contributed by atoms with E-state index < -0.39 is 0 Å². The summed E-state index contributed by atoms with van der Waals surface area (Å²) in [5, 5.41) is 2.92. The molecule has 0 atom stereocenters. The van der Waals surface area contributed by atoms with E-state index in [9.17, 15) is 4.79 Å². The van der Waals surface area contributed by atoms with E-state index in [1.807, 2.05) is 6.92 Å². The Morgan fingerprint density at radius 2 is 2.06 bits per heavy atom. The summed E-state index contributed by atoms with van der Waals surface area (Å²) >= 11 is 0. The molecule has 0 spiro atoms. The van der Waals surface area contributed by atoms with Crippen molar-refractivity contribution < 1.29 is 9.53 Å². The number of amides is 1. The molecule has 0 aromatic heterocycles. The molecule has 0 unspecified atom stereocenters. The third-order valence-electron chi connectivity index (χ3n) is 3.21. The maximum absolute atomic E-state index is 11.3. The van der Waals surface area contributed by atoms with Gasteiger partial charge in [-0.3, -0.25) is 0 Å². The van der Waals surface area contributed by atoms with Gasteiger partial charge in [-0.1, -0.05) is 13.8 Å². The number of carbonyl (C=O) groups is 1. The zero-order chi connectivity index (χ0) is 12.7. The van der Waals surface area contributed by atoms with Gasteiger partial charge in [-0.2, -0.15) is 0 Å². The molecule has 1 rings (SSSR count). The fourth-order valence-corrected chi connectivity index (χ4v) is 2.08. The first-order chi connectivity index (χ1) is 8.11. The highest BCUT2D eigenvalue weighted by Crippen LogP contribution is 2.12. The molecule has 1 N–H and O–H groups in total. The molecule has 17 heavy (non-hydrogen) atoms. The van der Waals surface area contributed by atoms with Crippen LogP contribution in [-0.4, -0.2) is 43.3 Å². The van der Waals surface area contributed by atoms with Gasteiger partial charge in [-0.05, 0) is 38.6 Å². The predicted molar refractivity (Wildman–Crippen MR) is 69.1 cm³/mol. The van der Waals surface area contributed by atoms with Crippen LogP contribution < -0.4 is 5.32 Å². The molecule has 1 fully saturated rings. The Balaban J connectivity index is 2.15. The summed E-state index contributed by atoms with van der Waals surface area (Å²) in [5.41, 5.74) is 0. The van der Waals surface area contributed by atoms with E-state index in [0.717, 1.165) is 31.8 Å². The van der Waals surface area contributed by atoms with Crippen LogP contribution in [0.5, 0.6) is 0 Å². The first-order valence-corrected chi connectivity index (χ1v) is 6.77. The van der Waals surface area contributed by atoms with E-state index in [0.29, 0.717) is 12.6 Å². The third-order valence-corrected chi connectivity index (χ3v) is 3.21. The zero-order valence-electron chi connectivity index (χ0n) is 11.4. The highest BCUT2D eigenvalue weighted by molar-refractivity contribution is 5.67. The molecule has 0 aromatic carbocycles. The number of rotatable bonds is 5. The highest BCUT2D eigenvalue weighted by atomic mass is 16.5. The number of hydrogen-bond acceptors (Lipinski definition) is 3. The number of alkyl carbamates (subject to hydrolysis) is 1. The van der Waals surface area contributed by atoms with Gasteiger partial charge in [-0.25, -0.2) is 4.79 Å². The van der Waals surface area contributed by atoms with Crippen molar-refractivity contribution in [2.45, 2.75) is 46.1 Å². The summed E-state index contributed by atoms with van der Waals surface area (Å²) in [6.07, 6.45) is 3.07. The number of hydrogen-bond donors (Lipinski definition) is 1. The van der Waals surface area contributed by atoms with Crippen LogP contribution >= 0.6 is 0 Å². The van der Waals surface area contributed by atoms with Gasteiger partial charge in [0.1, 0.15) is 0 Å². The minimum absolute atomic E-state index is 0.270. The molecule has 1 aliphatic rings. The lowest BCUT2D eigenvalue weighted by atomic mass is 10.0. The summed E-state index contributed by atoms with van der Waals surface area (Å²) in [6.45, 7) is 10.1. The predicted octanol–water partition coefficient (Wildman–Crippen LogP) is 2.24. The molecule has 1 heterocycles. The average Bonchev–Trinajstić information content (AvgIpc) is 2.28. The Kier molecular flexibility index (Phi) is 6.34. The van der Waals surface area contributed by atoms with Gasteiger partial charge < -0.3 is 15.0 Å². The number of nitrogens with one attached hydrogen (secondary N) is 1. The first-order valence-electron chi connectivity index (χ1n) is 6.77. The molecular formula is C13H26N2O2. The third kappa shape index (κ3) is 5.91. The Hall–Kier alpha value is -0.770. The van der Waals surface area contributed by atoms with Gasteiger partial charge in [0.15, 0.2) is 0 Å². The SMILES string of the molecule is CCOC(=O)NC1CCN(CCC(C)C)CC1. The summed E-state index contributed by atoms with van der Waals surface area (Å²) in [7, 11) is 0. The minimum Gasteiger partial charge on any atom is -0.450 e. The lowest BCUT2D eigenvalue weighted by Crippen LogP contribution is -2.45. The zero-order valence-corrected chi connectivity index (χ0v) is 11.4. The fourth-order valence-electron chi connectivity index (χ4n) is 2.08. The summed E-state index contributed by atoms with van der Waals surface area (Å²) in [6, 6.07) is 0.296. The maximum atomic E-state index is 11.3. The van der Waals surface area contributed by atoms with Gasteiger partial charge in [-0.15, -0.1) is 0 Å². The quantitative estimate of drug-likeness (QED) is 0.804. The molecule has 4 heteroatoms. The van der Waals surface area contributed by atoms with Crippen molar-refractivity contribution in [2.24, 2.45) is 5.92 Å². The van der Waals surface area contributed by atoms with E-state index >= 15 is 0 Å². The number of nitrogens with zero attached hydrogens (tertiary/aromatic N) is 1. The van der Waals surface area contributed by atoms with Crippen molar-refractivity contribution in [1.82, 2.24) is 10.2 Å². The van der Waals surface area contributed by atoms with Crippen LogP contribution in [0.15, 0.2) is 0 Å². The van der Waals surface area contributed by atoms with Crippen LogP contribution in [-0.2, 0) is 4.74 Å². The van der Waals surface area contributed by atoms with Crippen molar-refractivity contribution >= 4 is 6.09 Å². The van der Waals surface area contributed by atoms with Crippen molar-refractivity contribution in [3.05, 3.63) is 0 Å². The lowest BCUT2D eigenvalue weighted by molar-refractivity contribution is 0.136. The second-order valence-electron chi connectivity index (χ2n) is 5.16. The Bertz CT molecular complexity index is 223. The van der Waals surface area contributed by atoms with E-state index in [1.165, 1.54) is 13.0 Å². The smallest absolute Gasteiger partial charge is 0.407 e. The molecule has 100 valence electrons. The van der Waals surface area contributed by atoms with Gasteiger partial charge in [0.25, 0.3) is 0 Å². The number of piperidine rings is 1. The van der Waals surface area contributed by atoms with Crippen LogP contribution in [0.2, 0.25) is 0 Å². The van der Waals surface area contributed by atoms with Crippen LogP contribution in [0.1, 0.15) is 40.0 Å². The van der Waals surface area contributed by atoms with Gasteiger partial charge in [0.2, 0.25) is 0 Å². The van der Waals surface area contributed by atoms with E-state index in [1.54, 1.807) is 0 Å². The normalized spacial score (nSPS) is 18.4. The topological polar surface area (TPSA) is 41.6 Å². The number of ether oxygens (including phenoxy) is 1. The summed E-state index contributed by atoms with van der Waals surface area (Å²) in [4.78, 5) is 13.8. The van der Waals surface area contributed by atoms with Crippen LogP contribution in [0.4, 0.5) is 4.79 Å². The monoisotopic (exact) mass is 242 g/mol.